The van der Waals surface area contributed by atoms with E-state index >= 15 is 0 Å². The van der Waals surface area contributed by atoms with Crippen LogP contribution in [0, 0.1) is 6.92 Å². The first-order chi connectivity index (χ1) is 4.74. The fourth-order valence-electron chi connectivity index (χ4n) is 0.744. The van der Waals surface area contributed by atoms with Crippen molar-refractivity contribution in [3.8, 4) is 0 Å². The molecule has 54 valence electrons. The van der Waals surface area contributed by atoms with Crippen LogP contribution in [0.15, 0.2) is 29.4 Å². The quantitative estimate of drug-likeness (QED) is 0.631. The molecule has 0 saturated heterocycles. The first kappa shape index (κ1) is 7.09. The number of hydrogen-bond acceptors (Lipinski definition) is 2. The normalized spacial score (nSPS) is 13.0. The van der Waals surface area contributed by atoms with Crippen molar-refractivity contribution in [2.24, 2.45) is 5.73 Å². The summed E-state index contributed by atoms with van der Waals surface area (Å²) in [5.74, 6) is 0.771. The van der Waals surface area contributed by atoms with Crippen LogP contribution in [-0.4, -0.2) is 0 Å². The van der Waals surface area contributed by atoms with E-state index in [1.807, 2.05) is 13.0 Å². The van der Waals surface area contributed by atoms with Crippen molar-refractivity contribution in [2.45, 2.75) is 13.0 Å². The van der Waals surface area contributed by atoms with Crippen molar-refractivity contribution in [3.63, 3.8) is 0 Å². The molecule has 0 fully saturated rings. The summed E-state index contributed by atoms with van der Waals surface area (Å²) in [7, 11) is 0. The Hall–Kier alpha value is -1.02. The molecule has 0 aromatic carbocycles. The Kier molecular flexibility index (Phi) is 1.92. The fraction of sp³-hybridized carbons (Fsp3) is 0.250. The lowest BCUT2D eigenvalue weighted by Crippen LogP contribution is -2.04. The molecule has 10 heavy (non-hydrogen) atoms. The number of rotatable bonds is 2. The average Bonchev–Trinajstić information content (AvgIpc) is 2.34. The smallest absolute Gasteiger partial charge is 0.124 e. The Morgan fingerprint density at radius 2 is 2.50 bits per heavy atom. The molecule has 0 aliphatic carbocycles. The molecule has 0 bridgehead atoms. The van der Waals surface area contributed by atoms with Gasteiger partial charge in [-0.05, 0) is 18.6 Å². The van der Waals surface area contributed by atoms with Crippen LogP contribution in [0.3, 0.4) is 0 Å². The van der Waals surface area contributed by atoms with Gasteiger partial charge < -0.3 is 10.2 Å². The van der Waals surface area contributed by atoms with E-state index in [0.29, 0.717) is 0 Å². The second-order valence-corrected chi connectivity index (χ2v) is 2.29. The maximum atomic E-state index is 5.60. The number of nitrogens with two attached hydrogens (primary N) is 1. The van der Waals surface area contributed by atoms with Crippen molar-refractivity contribution >= 4 is 0 Å². The molecule has 0 saturated carbocycles. The molecule has 1 heterocycles. The first-order valence-electron chi connectivity index (χ1n) is 3.17. The van der Waals surface area contributed by atoms with Gasteiger partial charge in [0.05, 0.1) is 12.3 Å². The molecule has 1 aromatic heterocycles. The monoisotopic (exact) mass is 137 g/mol. The third-order valence-corrected chi connectivity index (χ3v) is 1.33. The van der Waals surface area contributed by atoms with Crippen molar-refractivity contribution in [2.75, 3.05) is 0 Å². The lowest BCUT2D eigenvalue weighted by Gasteiger charge is -1.98. The van der Waals surface area contributed by atoms with Crippen molar-refractivity contribution in [1.82, 2.24) is 0 Å². The van der Waals surface area contributed by atoms with Crippen LogP contribution in [0.1, 0.15) is 17.4 Å². The van der Waals surface area contributed by atoms with Crippen LogP contribution >= 0.6 is 0 Å². The molecule has 1 aromatic rings. The summed E-state index contributed by atoms with van der Waals surface area (Å²) in [5.41, 5.74) is 6.69. The lowest BCUT2D eigenvalue weighted by molar-refractivity contribution is 0.493. The topological polar surface area (TPSA) is 39.2 Å². The van der Waals surface area contributed by atoms with E-state index in [1.165, 1.54) is 0 Å². The third-order valence-electron chi connectivity index (χ3n) is 1.33. The summed E-state index contributed by atoms with van der Waals surface area (Å²) >= 11 is 0. The van der Waals surface area contributed by atoms with Gasteiger partial charge in [-0.15, -0.1) is 6.58 Å². The Morgan fingerprint density at radius 1 is 1.80 bits per heavy atom. The number of furan rings is 1. The van der Waals surface area contributed by atoms with Gasteiger partial charge in [0, 0.05) is 0 Å². The highest BCUT2D eigenvalue weighted by atomic mass is 16.3. The predicted molar refractivity (Wildman–Crippen MR) is 40.6 cm³/mol. The van der Waals surface area contributed by atoms with Gasteiger partial charge >= 0.3 is 0 Å². The van der Waals surface area contributed by atoms with E-state index < -0.39 is 0 Å². The van der Waals surface area contributed by atoms with Crippen LogP contribution in [0.2, 0.25) is 0 Å². The van der Waals surface area contributed by atoms with Gasteiger partial charge in [0.1, 0.15) is 5.76 Å². The van der Waals surface area contributed by atoms with E-state index in [9.17, 15) is 0 Å². The van der Waals surface area contributed by atoms with Crippen LogP contribution in [0.25, 0.3) is 0 Å². The Labute approximate surface area is 60.3 Å². The first-order valence-corrected chi connectivity index (χ1v) is 3.17. The summed E-state index contributed by atoms with van der Waals surface area (Å²) < 4.78 is 5.12. The summed E-state index contributed by atoms with van der Waals surface area (Å²) in [6.07, 6.45) is 3.33. The molecule has 2 N–H and O–H groups in total. The largest absolute Gasteiger partial charge is 0.467 e. The zero-order valence-electron chi connectivity index (χ0n) is 6.00. The van der Waals surface area contributed by atoms with E-state index in [2.05, 4.69) is 6.58 Å². The zero-order chi connectivity index (χ0) is 7.56. The molecule has 0 aliphatic heterocycles. The highest BCUT2D eigenvalue weighted by molar-refractivity contribution is 5.16. The molecule has 0 radical (unpaired) electrons. The molecule has 0 aliphatic rings. The van der Waals surface area contributed by atoms with Crippen LogP contribution in [0.5, 0.6) is 0 Å². The number of aryl methyl sites for hydroxylation is 1. The molecule has 0 amide bonds. The average molecular weight is 137 g/mol. The minimum absolute atomic E-state index is 0.173. The summed E-state index contributed by atoms with van der Waals surface area (Å²) in [6, 6.07) is 1.74. The predicted octanol–water partition coefficient (Wildman–Crippen LogP) is 1.77. The molecule has 2 nitrogen and oxygen atoms in total. The molecule has 1 atom stereocenters. The molecular formula is C8H11NO. The molecule has 0 unspecified atom stereocenters. The SMILES string of the molecule is C=C[C@H](N)c1cc(C)co1. The highest BCUT2D eigenvalue weighted by Gasteiger charge is 2.03. The molecule has 0 spiro atoms. The van der Waals surface area contributed by atoms with Crippen LogP contribution in [0.4, 0.5) is 0 Å². The summed E-state index contributed by atoms with van der Waals surface area (Å²) in [5, 5.41) is 0. The third kappa shape index (κ3) is 1.28. The van der Waals surface area contributed by atoms with Crippen LogP contribution < -0.4 is 5.73 Å². The fourth-order valence-corrected chi connectivity index (χ4v) is 0.744. The lowest BCUT2D eigenvalue weighted by atomic mass is 10.2. The van der Waals surface area contributed by atoms with E-state index in [0.717, 1.165) is 11.3 Å². The Bertz CT molecular complexity index is 227. The summed E-state index contributed by atoms with van der Waals surface area (Å²) in [4.78, 5) is 0. The van der Waals surface area contributed by atoms with Crippen LogP contribution in [-0.2, 0) is 0 Å². The Balaban J connectivity index is 2.84. The summed E-state index contributed by atoms with van der Waals surface area (Å²) in [6.45, 7) is 5.52. The standard InChI is InChI=1S/C8H11NO/c1-3-7(9)8-4-6(2)5-10-8/h3-5,7H,1,9H2,2H3/t7-/m0/s1. The van der Waals surface area contributed by atoms with E-state index in [4.69, 9.17) is 10.2 Å². The van der Waals surface area contributed by atoms with E-state index in [1.54, 1.807) is 12.3 Å². The molecular weight excluding hydrogens is 126 g/mol. The second kappa shape index (κ2) is 2.71. The van der Waals surface area contributed by atoms with E-state index in [-0.39, 0.29) is 6.04 Å². The Morgan fingerprint density at radius 3 is 2.90 bits per heavy atom. The van der Waals surface area contributed by atoms with Gasteiger partial charge in [0.15, 0.2) is 0 Å². The van der Waals surface area contributed by atoms with Crippen molar-refractivity contribution < 1.29 is 4.42 Å². The van der Waals surface area contributed by atoms with Gasteiger partial charge in [-0.3, -0.25) is 0 Å². The maximum absolute atomic E-state index is 5.60. The number of hydrogen-bond donors (Lipinski definition) is 1. The maximum Gasteiger partial charge on any atom is 0.124 e. The highest BCUT2D eigenvalue weighted by Crippen LogP contribution is 2.13. The van der Waals surface area contributed by atoms with Gasteiger partial charge in [0.2, 0.25) is 0 Å². The van der Waals surface area contributed by atoms with Gasteiger partial charge in [0.25, 0.3) is 0 Å². The van der Waals surface area contributed by atoms with Crippen molar-refractivity contribution in [3.05, 3.63) is 36.3 Å². The second-order valence-electron chi connectivity index (χ2n) is 2.29. The van der Waals surface area contributed by atoms with Gasteiger partial charge in [-0.25, -0.2) is 0 Å². The minimum Gasteiger partial charge on any atom is -0.467 e. The minimum atomic E-state index is -0.173. The molecule has 1 rings (SSSR count). The molecule has 2 heteroatoms. The zero-order valence-corrected chi connectivity index (χ0v) is 6.00. The van der Waals surface area contributed by atoms with Gasteiger partial charge in [-0.1, -0.05) is 6.08 Å². The van der Waals surface area contributed by atoms with Gasteiger partial charge in [-0.2, -0.15) is 0 Å². The van der Waals surface area contributed by atoms with Crippen molar-refractivity contribution in [1.29, 1.82) is 0 Å².